The quantitative estimate of drug-likeness (QED) is 0.475. The molecule has 0 saturated heterocycles. The minimum Gasteiger partial charge on any atom is -0.388 e. The molecule has 1 atom stereocenters. The maximum Gasteiger partial charge on any atom is 0.101 e. The van der Waals surface area contributed by atoms with Crippen LogP contribution in [0.25, 0.3) is 0 Å². The highest BCUT2D eigenvalue weighted by atomic mass is 16.5. The average molecular weight is 322 g/mol. The Morgan fingerprint density at radius 1 is 0.826 bits per heavy atom. The van der Waals surface area contributed by atoms with Gasteiger partial charge in [-0.15, -0.1) is 0 Å². The second-order valence-corrected chi connectivity index (χ2v) is 6.20. The Labute approximate surface area is 142 Å². The molecule has 3 nitrogen and oxygen atoms in total. The van der Waals surface area contributed by atoms with Crippen molar-refractivity contribution in [2.24, 2.45) is 0 Å². The Bertz CT molecular complexity index is 353. The Morgan fingerprint density at radius 2 is 1.43 bits per heavy atom. The first-order valence-electron chi connectivity index (χ1n) is 9.20. The van der Waals surface area contributed by atoms with E-state index in [0.717, 1.165) is 18.6 Å². The van der Waals surface area contributed by atoms with E-state index in [1.165, 1.54) is 44.9 Å². The number of unbranched alkanes of at least 4 members (excludes halogenated alkanes) is 7. The van der Waals surface area contributed by atoms with E-state index in [1.54, 1.807) is 0 Å². The zero-order chi connectivity index (χ0) is 16.6. The lowest BCUT2D eigenvalue weighted by Crippen LogP contribution is -2.22. The van der Waals surface area contributed by atoms with E-state index in [1.807, 2.05) is 30.3 Å². The van der Waals surface area contributed by atoms with Crippen molar-refractivity contribution in [3.8, 4) is 0 Å². The monoisotopic (exact) mass is 322 g/mol. The van der Waals surface area contributed by atoms with Gasteiger partial charge in [0, 0.05) is 6.61 Å². The van der Waals surface area contributed by atoms with Crippen LogP contribution in [-0.2, 0) is 16.1 Å². The fourth-order valence-corrected chi connectivity index (χ4v) is 2.49. The van der Waals surface area contributed by atoms with Gasteiger partial charge in [0.05, 0.1) is 19.8 Å². The smallest absolute Gasteiger partial charge is 0.101 e. The second-order valence-electron chi connectivity index (χ2n) is 6.20. The lowest BCUT2D eigenvalue weighted by Gasteiger charge is -2.12. The van der Waals surface area contributed by atoms with Crippen LogP contribution in [0.5, 0.6) is 0 Å². The molecule has 0 radical (unpaired) electrons. The Morgan fingerprint density at radius 3 is 2.13 bits per heavy atom. The van der Waals surface area contributed by atoms with Crippen molar-refractivity contribution in [2.45, 2.75) is 71.0 Å². The lowest BCUT2D eigenvalue weighted by molar-refractivity contribution is -0.0239. The van der Waals surface area contributed by atoms with Crippen LogP contribution in [0.3, 0.4) is 0 Å². The molecule has 0 aromatic heterocycles. The molecule has 3 heteroatoms. The van der Waals surface area contributed by atoms with Gasteiger partial charge in [0.2, 0.25) is 0 Å². The van der Waals surface area contributed by atoms with Gasteiger partial charge in [0.1, 0.15) is 6.10 Å². The SMILES string of the molecule is CCCCCCCCCCOCC(O)COCc1ccccc1. The van der Waals surface area contributed by atoms with Gasteiger partial charge in [-0.25, -0.2) is 0 Å². The van der Waals surface area contributed by atoms with Gasteiger partial charge < -0.3 is 14.6 Å². The molecule has 23 heavy (non-hydrogen) atoms. The van der Waals surface area contributed by atoms with E-state index >= 15 is 0 Å². The van der Waals surface area contributed by atoms with Gasteiger partial charge in [-0.2, -0.15) is 0 Å². The summed E-state index contributed by atoms with van der Waals surface area (Å²) in [6, 6.07) is 10.00. The maximum absolute atomic E-state index is 9.80. The van der Waals surface area contributed by atoms with Gasteiger partial charge in [0.25, 0.3) is 0 Å². The molecule has 0 saturated carbocycles. The number of aliphatic hydroxyl groups excluding tert-OH is 1. The van der Waals surface area contributed by atoms with E-state index in [0.29, 0.717) is 19.8 Å². The van der Waals surface area contributed by atoms with Gasteiger partial charge >= 0.3 is 0 Å². The molecule has 0 aliphatic carbocycles. The molecule has 0 aliphatic heterocycles. The number of benzene rings is 1. The second kappa shape index (κ2) is 14.7. The van der Waals surface area contributed by atoms with Gasteiger partial charge in [-0.3, -0.25) is 0 Å². The summed E-state index contributed by atoms with van der Waals surface area (Å²) in [6.07, 6.45) is 9.85. The van der Waals surface area contributed by atoms with Crippen LogP contribution in [0.2, 0.25) is 0 Å². The first-order chi connectivity index (χ1) is 11.3. The fourth-order valence-electron chi connectivity index (χ4n) is 2.49. The van der Waals surface area contributed by atoms with Crippen molar-refractivity contribution < 1.29 is 14.6 Å². The van der Waals surface area contributed by atoms with E-state index in [-0.39, 0.29) is 0 Å². The van der Waals surface area contributed by atoms with Gasteiger partial charge in [0.15, 0.2) is 0 Å². The molecule has 0 bridgehead atoms. The molecule has 132 valence electrons. The van der Waals surface area contributed by atoms with E-state index in [2.05, 4.69) is 6.92 Å². The van der Waals surface area contributed by atoms with E-state index in [9.17, 15) is 5.11 Å². The van der Waals surface area contributed by atoms with Crippen LogP contribution in [0.1, 0.15) is 63.9 Å². The van der Waals surface area contributed by atoms with Crippen molar-refractivity contribution in [1.82, 2.24) is 0 Å². The van der Waals surface area contributed by atoms with Crippen molar-refractivity contribution in [3.05, 3.63) is 35.9 Å². The fraction of sp³-hybridized carbons (Fsp3) is 0.700. The largest absolute Gasteiger partial charge is 0.388 e. The molecule has 0 spiro atoms. The number of hydrogen-bond donors (Lipinski definition) is 1. The molecule has 0 aliphatic rings. The summed E-state index contributed by atoms with van der Waals surface area (Å²) in [5, 5.41) is 9.80. The Kier molecular flexibility index (Phi) is 12.9. The van der Waals surface area contributed by atoms with Crippen molar-refractivity contribution in [1.29, 1.82) is 0 Å². The molecule has 1 aromatic carbocycles. The third-order valence-electron chi connectivity index (χ3n) is 3.87. The zero-order valence-electron chi connectivity index (χ0n) is 14.7. The number of hydrogen-bond acceptors (Lipinski definition) is 3. The van der Waals surface area contributed by atoms with Crippen LogP contribution in [0.15, 0.2) is 30.3 Å². The van der Waals surface area contributed by atoms with E-state index < -0.39 is 6.10 Å². The Balaban J connectivity index is 1.84. The summed E-state index contributed by atoms with van der Waals surface area (Å²) in [4.78, 5) is 0. The highest BCUT2D eigenvalue weighted by Gasteiger charge is 2.04. The summed E-state index contributed by atoms with van der Waals surface area (Å²) in [5.41, 5.74) is 1.12. The summed E-state index contributed by atoms with van der Waals surface area (Å²) >= 11 is 0. The van der Waals surface area contributed by atoms with Crippen LogP contribution in [0.4, 0.5) is 0 Å². The normalized spacial score (nSPS) is 12.4. The lowest BCUT2D eigenvalue weighted by atomic mass is 10.1. The molecular weight excluding hydrogens is 288 g/mol. The third-order valence-corrected chi connectivity index (χ3v) is 3.87. The zero-order valence-corrected chi connectivity index (χ0v) is 14.7. The average Bonchev–Trinajstić information content (AvgIpc) is 2.57. The molecule has 0 fully saturated rings. The highest BCUT2D eigenvalue weighted by Crippen LogP contribution is 2.08. The molecular formula is C20H34O3. The molecule has 0 amide bonds. The molecule has 1 N–H and O–H groups in total. The molecule has 1 rings (SSSR count). The predicted molar refractivity (Wildman–Crippen MR) is 95.5 cm³/mol. The molecule has 1 aromatic rings. The van der Waals surface area contributed by atoms with Crippen LogP contribution < -0.4 is 0 Å². The number of ether oxygens (including phenoxy) is 2. The van der Waals surface area contributed by atoms with Crippen molar-refractivity contribution >= 4 is 0 Å². The number of aliphatic hydroxyl groups is 1. The summed E-state index contributed by atoms with van der Waals surface area (Å²) < 4.78 is 11.0. The third kappa shape index (κ3) is 12.2. The number of rotatable bonds is 15. The first kappa shape index (κ1) is 20.1. The summed E-state index contributed by atoms with van der Waals surface area (Å²) in [6.45, 7) is 4.22. The topological polar surface area (TPSA) is 38.7 Å². The minimum absolute atomic E-state index is 0.326. The van der Waals surface area contributed by atoms with Crippen LogP contribution in [0, 0.1) is 0 Å². The molecule has 1 unspecified atom stereocenters. The van der Waals surface area contributed by atoms with Crippen molar-refractivity contribution in [2.75, 3.05) is 19.8 Å². The summed E-state index contributed by atoms with van der Waals surface area (Å²) in [7, 11) is 0. The van der Waals surface area contributed by atoms with Crippen LogP contribution in [-0.4, -0.2) is 31.0 Å². The van der Waals surface area contributed by atoms with Gasteiger partial charge in [-0.1, -0.05) is 82.2 Å². The minimum atomic E-state index is -0.534. The van der Waals surface area contributed by atoms with E-state index in [4.69, 9.17) is 9.47 Å². The predicted octanol–water partition coefficient (Wildman–Crippen LogP) is 4.72. The van der Waals surface area contributed by atoms with Crippen molar-refractivity contribution in [3.63, 3.8) is 0 Å². The Hall–Kier alpha value is -0.900. The highest BCUT2D eigenvalue weighted by molar-refractivity contribution is 5.13. The van der Waals surface area contributed by atoms with Gasteiger partial charge in [-0.05, 0) is 12.0 Å². The molecule has 0 heterocycles. The maximum atomic E-state index is 9.80. The standard InChI is InChI=1S/C20H34O3/c1-2-3-4-5-6-7-8-12-15-22-17-20(21)18-23-16-19-13-10-9-11-14-19/h9-11,13-14,20-21H,2-8,12,15-18H2,1H3. The van der Waals surface area contributed by atoms with Crippen LogP contribution >= 0.6 is 0 Å². The first-order valence-corrected chi connectivity index (χ1v) is 9.20. The summed E-state index contributed by atoms with van der Waals surface area (Å²) in [5.74, 6) is 0.